The van der Waals surface area contributed by atoms with Crippen molar-refractivity contribution >= 4 is 23.2 Å². The van der Waals surface area contributed by atoms with Crippen LogP contribution in [0.25, 0.3) is 0 Å². The van der Waals surface area contributed by atoms with Crippen LogP contribution in [-0.2, 0) is 16.0 Å². The van der Waals surface area contributed by atoms with Gasteiger partial charge in [0.1, 0.15) is 0 Å². The van der Waals surface area contributed by atoms with Crippen LogP contribution >= 0.6 is 0 Å². The highest BCUT2D eigenvalue weighted by Gasteiger charge is 2.35. The van der Waals surface area contributed by atoms with Gasteiger partial charge in [-0.3, -0.25) is 9.59 Å². The maximum absolute atomic E-state index is 12.4. The van der Waals surface area contributed by atoms with E-state index < -0.39 is 0 Å². The lowest BCUT2D eigenvalue weighted by Gasteiger charge is -2.17. The third-order valence-electron chi connectivity index (χ3n) is 4.17. The molecule has 0 bridgehead atoms. The molecular weight excluding hydrogens is 288 g/mol. The zero-order valence-electron chi connectivity index (χ0n) is 13.2. The van der Waals surface area contributed by atoms with Gasteiger partial charge in [-0.15, -0.1) is 0 Å². The van der Waals surface area contributed by atoms with Crippen molar-refractivity contribution in [2.75, 3.05) is 16.8 Å². The SMILES string of the molecule is CCc1cccc(N2CC(C(=O)Nc3ccccc3)CC2=O)c1. The maximum atomic E-state index is 12.4. The lowest BCUT2D eigenvalue weighted by atomic mass is 10.1. The monoisotopic (exact) mass is 308 g/mol. The number of amides is 2. The second kappa shape index (κ2) is 6.65. The van der Waals surface area contributed by atoms with E-state index in [0.29, 0.717) is 6.54 Å². The summed E-state index contributed by atoms with van der Waals surface area (Å²) in [5, 5.41) is 2.88. The number of hydrogen-bond acceptors (Lipinski definition) is 2. The molecule has 1 aliphatic rings. The molecule has 1 saturated heterocycles. The Labute approximate surface area is 136 Å². The van der Waals surface area contributed by atoms with Crippen LogP contribution in [0.3, 0.4) is 0 Å². The predicted octanol–water partition coefficient (Wildman–Crippen LogP) is 3.24. The molecule has 0 spiro atoms. The van der Waals surface area contributed by atoms with Crippen molar-refractivity contribution in [3.05, 3.63) is 60.2 Å². The van der Waals surface area contributed by atoms with Crippen molar-refractivity contribution in [1.29, 1.82) is 0 Å². The highest BCUT2D eigenvalue weighted by Crippen LogP contribution is 2.26. The van der Waals surface area contributed by atoms with Crippen LogP contribution in [0, 0.1) is 5.92 Å². The van der Waals surface area contributed by atoms with Crippen molar-refractivity contribution in [2.24, 2.45) is 5.92 Å². The molecule has 4 nitrogen and oxygen atoms in total. The van der Waals surface area contributed by atoms with Crippen LogP contribution in [0.5, 0.6) is 0 Å². The first-order chi connectivity index (χ1) is 11.2. The number of rotatable bonds is 4. The van der Waals surface area contributed by atoms with Crippen LogP contribution < -0.4 is 10.2 Å². The number of carbonyl (C=O) groups excluding carboxylic acids is 2. The quantitative estimate of drug-likeness (QED) is 0.942. The van der Waals surface area contributed by atoms with Crippen LogP contribution in [0.1, 0.15) is 18.9 Å². The minimum absolute atomic E-state index is 0.00599. The van der Waals surface area contributed by atoms with E-state index in [-0.39, 0.29) is 24.2 Å². The Balaban J connectivity index is 1.70. The largest absolute Gasteiger partial charge is 0.326 e. The normalized spacial score (nSPS) is 17.3. The molecule has 2 aromatic rings. The molecule has 118 valence electrons. The molecule has 1 N–H and O–H groups in total. The van der Waals surface area contributed by atoms with E-state index in [2.05, 4.69) is 12.2 Å². The Morgan fingerprint density at radius 3 is 2.70 bits per heavy atom. The summed E-state index contributed by atoms with van der Waals surface area (Å²) in [6.45, 7) is 2.52. The zero-order valence-corrected chi connectivity index (χ0v) is 13.2. The first-order valence-corrected chi connectivity index (χ1v) is 7.92. The zero-order chi connectivity index (χ0) is 16.2. The van der Waals surface area contributed by atoms with E-state index in [1.807, 2.05) is 54.6 Å². The fraction of sp³-hybridized carbons (Fsp3) is 0.263. The van der Waals surface area contributed by atoms with Gasteiger partial charge in [0.2, 0.25) is 11.8 Å². The van der Waals surface area contributed by atoms with Crippen LogP contribution in [0.4, 0.5) is 11.4 Å². The van der Waals surface area contributed by atoms with Crippen molar-refractivity contribution in [3.63, 3.8) is 0 Å². The molecule has 4 heteroatoms. The lowest BCUT2D eigenvalue weighted by Crippen LogP contribution is -2.28. The molecule has 1 unspecified atom stereocenters. The summed E-state index contributed by atoms with van der Waals surface area (Å²) in [6, 6.07) is 17.3. The molecule has 2 aromatic carbocycles. The van der Waals surface area contributed by atoms with Gasteiger partial charge in [0.15, 0.2) is 0 Å². The van der Waals surface area contributed by atoms with Crippen LogP contribution in [0.15, 0.2) is 54.6 Å². The summed E-state index contributed by atoms with van der Waals surface area (Å²) in [6.07, 6.45) is 1.18. The predicted molar refractivity (Wildman–Crippen MR) is 91.4 cm³/mol. The van der Waals surface area contributed by atoms with Crippen molar-refractivity contribution in [2.45, 2.75) is 19.8 Å². The van der Waals surface area contributed by atoms with Gasteiger partial charge >= 0.3 is 0 Å². The summed E-state index contributed by atoms with van der Waals surface area (Å²) in [7, 11) is 0. The van der Waals surface area contributed by atoms with Gasteiger partial charge in [0.05, 0.1) is 5.92 Å². The molecule has 1 aliphatic heterocycles. The minimum Gasteiger partial charge on any atom is -0.326 e. The molecule has 1 fully saturated rings. The van der Waals surface area contributed by atoms with Crippen LogP contribution in [0.2, 0.25) is 0 Å². The highest BCUT2D eigenvalue weighted by molar-refractivity contribution is 6.03. The Morgan fingerprint density at radius 2 is 1.96 bits per heavy atom. The van der Waals surface area contributed by atoms with Crippen LogP contribution in [-0.4, -0.2) is 18.4 Å². The van der Waals surface area contributed by atoms with Crippen molar-refractivity contribution < 1.29 is 9.59 Å². The van der Waals surface area contributed by atoms with Crippen molar-refractivity contribution in [3.8, 4) is 0 Å². The fourth-order valence-corrected chi connectivity index (χ4v) is 2.84. The molecule has 2 amide bonds. The second-order valence-electron chi connectivity index (χ2n) is 5.78. The number of para-hydroxylation sites is 1. The van der Waals surface area contributed by atoms with E-state index in [1.165, 1.54) is 5.56 Å². The number of nitrogens with one attached hydrogen (secondary N) is 1. The van der Waals surface area contributed by atoms with Gasteiger partial charge < -0.3 is 10.2 Å². The smallest absolute Gasteiger partial charge is 0.229 e. The maximum Gasteiger partial charge on any atom is 0.229 e. The molecule has 0 saturated carbocycles. The molecule has 23 heavy (non-hydrogen) atoms. The third-order valence-corrected chi connectivity index (χ3v) is 4.17. The standard InChI is InChI=1S/C19H20N2O2/c1-2-14-7-6-10-17(11-14)21-13-15(12-18(21)22)19(23)20-16-8-4-3-5-9-16/h3-11,15H,2,12-13H2,1H3,(H,20,23). The summed E-state index contributed by atoms with van der Waals surface area (Å²) in [4.78, 5) is 26.4. The summed E-state index contributed by atoms with van der Waals surface area (Å²) >= 11 is 0. The second-order valence-corrected chi connectivity index (χ2v) is 5.78. The Morgan fingerprint density at radius 1 is 1.17 bits per heavy atom. The van der Waals surface area contributed by atoms with E-state index >= 15 is 0 Å². The summed E-state index contributed by atoms with van der Waals surface area (Å²) < 4.78 is 0. The Kier molecular flexibility index (Phi) is 4.42. The fourth-order valence-electron chi connectivity index (χ4n) is 2.84. The molecule has 0 aromatic heterocycles. The van der Waals surface area contributed by atoms with Gasteiger partial charge in [-0.25, -0.2) is 0 Å². The van der Waals surface area contributed by atoms with Gasteiger partial charge in [0.25, 0.3) is 0 Å². The molecule has 0 radical (unpaired) electrons. The average Bonchev–Trinajstić information content (AvgIpc) is 2.98. The highest BCUT2D eigenvalue weighted by atomic mass is 16.2. The van der Waals surface area contributed by atoms with E-state index in [0.717, 1.165) is 17.8 Å². The van der Waals surface area contributed by atoms with Crippen molar-refractivity contribution in [1.82, 2.24) is 0 Å². The Hall–Kier alpha value is -2.62. The lowest BCUT2D eigenvalue weighted by molar-refractivity contribution is -0.122. The molecule has 1 heterocycles. The third kappa shape index (κ3) is 3.42. The number of hydrogen-bond donors (Lipinski definition) is 1. The average molecular weight is 308 g/mol. The number of anilines is 2. The van der Waals surface area contributed by atoms with Gasteiger partial charge in [-0.05, 0) is 36.2 Å². The summed E-state index contributed by atoms with van der Waals surface area (Å²) in [5.41, 5.74) is 2.83. The minimum atomic E-state index is -0.312. The molecule has 3 rings (SSSR count). The number of aryl methyl sites for hydroxylation is 1. The van der Waals surface area contributed by atoms with Gasteiger partial charge in [-0.1, -0.05) is 37.3 Å². The molecule has 1 atom stereocenters. The number of carbonyl (C=O) groups is 2. The summed E-state index contributed by atoms with van der Waals surface area (Å²) in [5.74, 6) is -0.404. The molecule has 0 aliphatic carbocycles. The number of nitrogens with zero attached hydrogens (tertiary/aromatic N) is 1. The first kappa shape index (κ1) is 15.3. The first-order valence-electron chi connectivity index (χ1n) is 7.92. The van der Waals surface area contributed by atoms with E-state index in [9.17, 15) is 9.59 Å². The molecular formula is C19H20N2O2. The Bertz CT molecular complexity index is 712. The number of benzene rings is 2. The topological polar surface area (TPSA) is 49.4 Å². The van der Waals surface area contributed by atoms with Gasteiger partial charge in [0, 0.05) is 24.3 Å². The van der Waals surface area contributed by atoms with E-state index in [4.69, 9.17) is 0 Å². The van der Waals surface area contributed by atoms with E-state index in [1.54, 1.807) is 4.90 Å². The van der Waals surface area contributed by atoms with Gasteiger partial charge in [-0.2, -0.15) is 0 Å².